The smallest absolute Gasteiger partial charge is 0.320 e. The molecule has 1 aromatic carbocycles. The second-order valence-corrected chi connectivity index (χ2v) is 7.39. The van der Waals surface area contributed by atoms with Crippen LogP contribution in [0.4, 0.5) is 5.69 Å². The van der Waals surface area contributed by atoms with E-state index in [0.717, 1.165) is 38.4 Å². The number of nitrogen functional groups attached to an aromatic ring is 1. The summed E-state index contributed by atoms with van der Waals surface area (Å²) in [6.07, 6.45) is 0. The van der Waals surface area contributed by atoms with Gasteiger partial charge in [-0.25, -0.2) is 0 Å². The van der Waals surface area contributed by atoms with Crippen molar-refractivity contribution in [2.24, 2.45) is 0 Å². The van der Waals surface area contributed by atoms with E-state index >= 15 is 0 Å². The molecule has 0 amide bonds. The van der Waals surface area contributed by atoms with E-state index in [1.165, 1.54) is 11.1 Å². The van der Waals surface area contributed by atoms with Crippen LogP contribution in [0.5, 0.6) is 0 Å². The van der Waals surface area contributed by atoms with E-state index in [9.17, 15) is 4.79 Å². The zero-order valence-electron chi connectivity index (χ0n) is 14.8. The first-order valence-corrected chi connectivity index (χ1v) is 8.24. The largest absolute Gasteiger partial charge is 0.459 e. The first-order chi connectivity index (χ1) is 10.7. The number of aryl methyl sites for hydroxylation is 1. The van der Waals surface area contributed by atoms with E-state index in [1.54, 1.807) is 0 Å². The zero-order chi connectivity index (χ0) is 17.0. The molecule has 0 aromatic heterocycles. The van der Waals surface area contributed by atoms with Gasteiger partial charge in [-0.05, 0) is 51.0 Å². The van der Waals surface area contributed by atoms with Crippen molar-refractivity contribution >= 4 is 11.7 Å². The van der Waals surface area contributed by atoms with Gasteiger partial charge in [-0.2, -0.15) is 0 Å². The molecule has 1 saturated heterocycles. The monoisotopic (exact) mass is 319 g/mol. The molecule has 0 aliphatic carbocycles. The van der Waals surface area contributed by atoms with Gasteiger partial charge in [-0.1, -0.05) is 6.07 Å². The number of piperazine rings is 1. The highest BCUT2D eigenvalue weighted by molar-refractivity contribution is 5.72. The van der Waals surface area contributed by atoms with Gasteiger partial charge in [-0.15, -0.1) is 0 Å². The summed E-state index contributed by atoms with van der Waals surface area (Å²) in [6.45, 7) is 12.7. The molecule has 5 nitrogen and oxygen atoms in total. The standard InChI is InChI=1S/C18H29N3O2/c1-14-9-15(11-16(19)10-14)12-20-5-7-21(8-6-20)13-17(22)23-18(2,3)4/h9-11H,5-8,12-13,19H2,1-4H3. The Morgan fingerprint density at radius 2 is 1.74 bits per heavy atom. The quantitative estimate of drug-likeness (QED) is 0.680. The van der Waals surface area contributed by atoms with E-state index in [0.29, 0.717) is 6.54 Å². The molecular formula is C18H29N3O2. The highest BCUT2D eigenvalue weighted by atomic mass is 16.6. The molecule has 1 aromatic rings. The van der Waals surface area contributed by atoms with Crippen LogP contribution in [0, 0.1) is 6.92 Å². The van der Waals surface area contributed by atoms with Crippen molar-refractivity contribution in [3.63, 3.8) is 0 Å². The van der Waals surface area contributed by atoms with Crippen LogP contribution in [0.25, 0.3) is 0 Å². The zero-order valence-corrected chi connectivity index (χ0v) is 14.8. The molecule has 1 heterocycles. The van der Waals surface area contributed by atoms with E-state index in [-0.39, 0.29) is 5.97 Å². The minimum Gasteiger partial charge on any atom is -0.459 e. The summed E-state index contributed by atoms with van der Waals surface area (Å²) in [6, 6.07) is 6.21. The van der Waals surface area contributed by atoms with Gasteiger partial charge in [0.15, 0.2) is 0 Å². The number of hydrogen-bond acceptors (Lipinski definition) is 5. The molecule has 0 bridgehead atoms. The predicted molar refractivity (Wildman–Crippen MR) is 93.2 cm³/mol. The van der Waals surface area contributed by atoms with Gasteiger partial charge in [0.1, 0.15) is 5.60 Å². The van der Waals surface area contributed by atoms with Gasteiger partial charge in [-0.3, -0.25) is 14.6 Å². The number of carbonyl (C=O) groups excluding carboxylic acids is 1. The molecule has 0 saturated carbocycles. The summed E-state index contributed by atoms with van der Waals surface area (Å²) in [7, 11) is 0. The number of carbonyl (C=O) groups is 1. The summed E-state index contributed by atoms with van der Waals surface area (Å²) >= 11 is 0. The second-order valence-electron chi connectivity index (χ2n) is 7.39. The summed E-state index contributed by atoms with van der Waals surface area (Å²) < 4.78 is 5.38. The lowest BCUT2D eigenvalue weighted by Crippen LogP contribution is -2.48. The Morgan fingerprint density at radius 3 is 2.30 bits per heavy atom. The van der Waals surface area contributed by atoms with Gasteiger partial charge in [0.25, 0.3) is 0 Å². The normalized spacial score (nSPS) is 17.2. The van der Waals surface area contributed by atoms with Crippen molar-refractivity contribution in [1.29, 1.82) is 0 Å². The predicted octanol–water partition coefficient (Wildman–Crippen LogP) is 2.04. The number of benzene rings is 1. The maximum atomic E-state index is 11.9. The number of hydrogen-bond donors (Lipinski definition) is 1. The maximum absolute atomic E-state index is 11.9. The molecule has 128 valence electrons. The molecule has 0 radical (unpaired) electrons. The fourth-order valence-electron chi connectivity index (χ4n) is 2.91. The van der Waals surface area contributed by atoms with Crippen LogP contribution in [-0.2, 0) is 16.1 Å². The lowest BCUT2D eigenvalue weighted by atomic mass is 10.1. The van der Waals surface area contributed by atoms with Gasteiger partial charge in [0.05, 0.1) is 6.54 Å². The Balaban J connectivity index is 1.78. The number of ether oxygens (including phenoxy) is 1. The lowest BCUT2D eigenvalue weighted by Gasteiger charge is -2.34. The second kappa shape index (κ2) is 7.32. The van der Waals surface area contributed by atoms with Gasteiger partial charge >= 0.3 is 5.97 Å². The Kier molecular flexibility index (Phi) is 5.65. The SMILES string of the molecule is Cc1cc(N)cc(CN2CCN(CC(=O)OC(C)(C)C)CC2)c1. The van der Waals surface area contributed by atoms with Crippen molar-refractivity contribution < 1.29 is 9.53 Å². The van der Waals surface area contributed by atoms with E-state index in [4.69, 9.17) is 10.5 Å². The van der Waals surface area contributed by atoms with Crippen LogP contribution >= 0.6 is 0 Å². The third kappa shape index (κ3) is 6.20. The third-order valence-corrected chi connectivity index (χ3v) is 3.80. The molecular weight excluding hydrogens is 290 g/mol. The molecule has 1 aliphatic heterocycles. The van der Waals surface area contributed by atoms with E-state index in [1.807, 2.05) is 32.9 Å². The summed E-state index contributed by atoms with van der Waals surface area (Å²) in [5, 5.41) is 0. The maximum Gasteiger partial charge on any atom is 0.320 e. The van der Waals surface area contributed by atoms with E-state index in [2.05, 4.69) is 22.8 Å². The summed E-state index contributed by atoms with van der Waals surface area (Å²) in [5.41, 5.74) is 8.77. The van der Waals surface area contributed by atoms with Crippen molar-refractivity contribution in [1.82, 2.24) is 9.80 Å². The van der Waals surface area contributed by atoms with Crippen LogP contribution in [0.2, 0.25) is 0 Å². The van der Waals surface area contributed by atoms with Crippen LogP contribution in [-0.4, -0.2) is 54.1 Å². The topological polar surface area (TPSA) is 58.8 Å². The summed E-state index contributed by atoms with van der Waals surface area (Å²) in [4.78, 5) is 16.4. The van der Waals surface area contributed by atoms with Crippen molar-refractivity contribution in [2.75, 3.05) is 38.5 Å². The molecule has 5 heteroatoms. The van der Waals surface area contributed by atoms with Gasteiger partial charge < -0.3 is 10.5 Å². The molecule has 1 fully saturated rings. The molecule has 23 heavy (non-hydrogen) atoms. The number of nitrogens with zero attached hydrogens (tertiary/aromatic N) is 2. The van der Waals surface area contributed by atoms with Crippen molar-refractivity contribution in [3.05, 3.63) is 29.3 Å². The number of rotatable bonds is 4. The average Bonchev–Trinajstić information content (AvgIpc) is 2.37. The molecule has 0 atom stereocenters. The van der Waals surface area contributed by atoms with Gasteiger partial charge in [0, 0.05) is 38.4 Å². The van der Waals surface area contributed by atoms with Crippen molar-refractivity contribution in [3.8, 4) is 0 Å². The lowest BCUT2D eigenvalue weighted by molar-refractivity contribution is -0.156. The average molecular weight is 319 g/mol. The van der Waals surface area contributed by atoms with Gasteiger partial charge in [0.2, 0.25) is 0 Å². The van der Waals surface area contributed by atoms with Crippen LogP contribution < -0.4 is 5.73 Å². The molecule has 2 N–H and O–H groups in total. The molecule has 0 spiro atoms. The molecule has 0 unspecified atom stereocenters. The van der Waals surface area contributed by atoms with Crippen LogP contribution in [0.3, 0.4) is 0 Å². The minimum absolute atomic E-state index is 0.141. The minimum atomic E-state index is -0.413. The Bertz CT molecular complexity index is 523. The first-order valence-electron chi connectivity index (χ1n) is 8.24. The number of nitrogens with two attached hydrogens (primary N) is 1. The first kappa shape index (κ1) is 17.8. The number of esters is 1. The highest BCUT2D eigenvalue weighted by Gasteiger charge is 2.22. The Hall–Kier alpha value is -1.59. The van der Waals surface area contributed by atoms with Crippen molar-refractivity contribution in [2.45, 2.75) is 39.8 Å². The Labute approximate surface area is 139 Å². The van der Waals surface area contributed by atoms with Crippen LogP contribution in [0.1, 0.15) is 31.9 Å². The fourth-order valence-corrected chi connectivity index (χ4v) is 2.91. The fraction of sp³-hybridized carbons (Fsp3) is 0.611. The molecule has 2 rings (SSSR count). The molecule has 1 aliphatic rings. The number of anilines is 1. The summed E-state index contributed by atoms with van der Waals surface area (Å²) in [5.74, 6) is -0.141. The van der Waals surface area contributed by atoms with E-state index < -0.39 is 5.60 Å². The third-order valence-electron chi connectivity index (χ3n) is 3.80. The highest BCUT2D eigenvalue weighted by Crippen LogP contribution is 2.15. The Morgan fingerprint density at radius 1 is 1.13 bits per heavy atom. The van der Waals surface area contributed by atoms with Crippen LogP contribution in [0.15, 0.2) is 18.2 Å².